The highest BCUT2D eigenvalue weighted by Crippen LogP contribution is 2.42. The Balaban J connectivity index is 1.58. The van der Waals surface area contributed by atoms with E-state index in [0.29, 0.717) is 30.5 Å². The summed E-state index contributed by atoms with van der Waals surface area (Å²) in [7, 11) is -0.663. The molecule has 2 aliphatic rings. The minimum absolute atomic E-state index is 0.0245. The molecule has 0 aliphatic carbocycles. The van der Waals surface area contributed by atoms with E-state index >= 15 is 0 Å². The minimum Gasteiger partial charge on any atom is -0.360 e. The summed E-state index contributed by atoms with van der Waals surface area (Å²) in [4.78, 5) is 25.9. The number of amides is 1. The number of halogens is 3. The molecule has 1 atom stereocenters. The van der Waals surface area contributed by atoms with Crippen LogP contribution in [0.4, 0.5) is 24.8 Å². The molecule has 37 heavy (non-hydrogen) atoms. The maximum Gasteiger partial charge on any atom is 0.419 e. The molecule has 4 heterocycles. The number of aromatic amines is 1. The third-order valence-electron chi connectivity index (χ3n) is 7.25. The molecule has 2 saturated heterocycles. The number of benzene rings is 1. The van der Waals surface area contributed by atoms with Gasteiger partial charge in [0, 0.05) is 59.7 Å². The van der Waals surface area contributed by atoms with Gasteiger partial charge in [-0.1, -0.05) is 14.0 Å². The van der Waals surface area contributed by atoms with Gasteiger partial charge in [-0.25, -0.2) is 9.97 Å². The number of hydrogen-bond donors (Lipinski definition) is 3. The molecule has 3 aromatic rings. The maximum absolute atomic E-state index is 14.1. The summed E-state index contributed by atoms with van der Waals surface area (Å²) >= 11 is 0. The van der Waals surface area contributed by atoms with Gasteiger partial charge in [-0.2, -0.15) is 13.2 Å². The molecule has 0 saturated carbocycles. The van der Waals surface area contributed by atoms with Crippen LogP contribution in [-0.2, 0) is 11.0 Å². The van der Waals surface area contributed by atoms with Gasteiger partial charge in [-0.15, -0.1) is 0 Å². The molecule has 1 unspecified atom stereocenters. The predicted molar refractivity (Wildman–Crippen MR) is 143 cm³/mol. The Bertz CT molecular complexity index is 1330. The Kier molecular flexibility index (Phi) is 6.69. The number of H-pyrrole nitrogens is 1. The summed E-state index contributed by atoms with van der Waals surface area (Å²) in [5, 5.41) is 8.30. The molecular weight excluding hydrogens is 500 g/mol. The highest BCUT2D eigenvalue weighted by atomic mass is 31.1. The van der Waals surface area contributed by atoms with E-state index in [1.54, 1.807) is 17.2 Å². The zero-order chi connectivity index (χ0) is 26.5. The van der Waals surface area contributed by atoms with Crippen molar-refractivity contribution < 1.29 is 18.0 Å². The van der Waals surface area contributed by atoms with Gasteiger partial charge in [0.25, 0.3) is 0 Å². The quantitative estimate of drug-likeness (QED) is 0.399. The zero-order valence-corrected chi connectivity index (χ0v) is 22.4. The van der Waals surface area contributed by atoms with Crippen LogP contribution in [0.15, 0.2) is 24.5 Å². The van der Waals surface area contributed by atoms with Crippen molar-refractivity contribution in [1.29, 1.82) is 0 Å². The molecule has 7 nitrogen and oxygen atoms in total. The third-order valence-corrected chi connectivity index (χ3v) is 8.59. The highest BCUT2D eigenvalue weighted by molar-refractivity contribution is 7.65. The summed E-state index contributed by atoms with van der Waals surface area (Å²) in [5.41, 5.74) is 0.956. The van der Waals surface area contributed by atoms with Crippen LogP contribution in [0.1, 0.15) is 45.1 Å². The van der Waals surface area contributed by atoms with Gasteiger partial charge in [-0.05, 0) is 52.5 Å². The molecule has 198 valence electrons. The van der Waals surface area contributed by atoms with Gasteiger partial charge in [0.1, 0.15) is 5.56 Å². The van der Waals surface area contributed by atoms with E-state index in [4.69, 9.17) is 0 Å². The van der Waals surface area contributed by atoms with Crippen LogP contribution in [0, 0.1) is 0 Å². The van der Waals surface area contributed by atoms with Crippen molar-refractivity contribution in [1.82, 2.24) is 20.3 Å². The summed E-state index contributed by atoms with van der Waals surface area (Å²) in [6, 6.07) is 3.69. The molecule has 0 spiro atoms. The van der Waals surface area contributed by atoms with Gasteiger partial charge >= 0.3 is 6.18 Å². The van der Waals surface area contributed by atoms with Crippen molar-refractivity contribution in [2.24, 2.45) is 0 Å². The van der Waals surface area contributed by atoms with Gasteiger partial charge in [0.2, 0.25) is 11.9 Å². The minimum atomic E-state index is -4.61. The van der Waals surface area contributed by atoms with Gasteiger partial charge < -0.3 is 20.5 Å². The summed E-state index contributed by atoms with van der Waals surface area (Å²) in [6.45, 7) is 9.76. The lowest BCUT2D eigenvalue weighted by atomic mass is 9.91. The molecular formula is C26H32F3N6OP. The Hall–Kier alpha value is -2.71. The van der Waals surface area contributed by atoms with Crippen LogP contribution >= 0.6 is 7.92 Å². The molecule has 3 N–H and O–H groups in total. The topological polar surface area (TPSA) is 85.9 Å². The Morgan fingerprint density at radius 3 is 2.65 bits per heavy atom. The van der Waals surface area contributed by atoms with Gasteiger partial charge in [0.15, 0.2) is 0 Å². The number of piperidine rings is 1. The van der Waals surface area contributed by atoms with E-state index in [2.05, 4.69) is 52.8 Å². The van der Waals surface area contributed by atoms with Crippen molar-refractivity contribution >= 4 is 41.7 Å². The molecule has 2 fully saturated rings. The van der Waals surface area contributed by atoms with Crippen LogP contribution in [0.3, 0.4) is 0 Å². The van der Waals surface area contributed by atoms with E-state index in [1.807, 2.05) is 6.07 Å². The van der Waals surface area contributed by atoms with Crippen LogP contribution in [0.25, 0.3) is 22.2 Å². The van der Waals surface area contributed by atoms with Crippen LogP contribution in [0.2, 0.25) is 0 Å². The molecule has 2 aromatic heterocycles. The number of hydrogen-bond acceptors (Lipinski definition) is 5. The van der Waals surface area contributed by atoms with Crippen molar-refractivity contribution in [2.45, 2.75) is 57.3 Å². The van der Waals surface area contributed by atoms with Crippen molar-refractivity contribution in [3.05, 3.63) is 30.1 Å². The molecule has 1 aromatic carbocycles. The fraction of sp³-hybridized carbons (Fsp3) is 0.500. The Morgan fingerprint density at radius 2 is 2.03 bits per heavy atom. The van der Waals surface area contributed by atoms with E-state index in [0.717, 1.165) is 42.0 Å². The highest BCUT2D eigenvalue weighted by Gasteiger charge is 2.37. The number of rotatable bonds is 5. The number of nitrogens with one attached hydrogen (secondary N) is 3. The second-order valence-corrected chi connectivity index (χ2v) is 12.9. The SMILES string of the molecule is CP(C)c1c(N2CCCC2=O)ccc2c(-c3nc(NC4CCC(C)(C)NC4)ncc3C(F)(F)F)c[nH]c12. The normalized spacial score (nSPS) is 20.3. The molecule has 0 bridgehead atoms. The standard InChI is InChI=1S/C26H32F3N6OP/c1-25(2)10-9-15(12-32-25)33-24-31-14-18(26(27,28)29)21(34-24)17-13-30-22-16(17)7-8-19(23(22)37(3)4)35-11-5-6-20(35)36/h7-8,13-15,30,32H,5-6,9-12H2,1-4H3,(H,31,33,34). The van der Waals surface area contributed by atoms with Crippen molar-refractivity contribution in [2.75, 3.05) is 36.6 Å². The lowest BCUT2D eigenvalue weighted by molar-refractivity contribution is -0.137. The number of alkyl halides is 3. The first-order valence-corrected chi connectivity index (χ1v) is 14.8. The van der Waals surface area contributed by atoms with Crippen LogP contribution in [-0.4, -0.2) is 58.9 Å². The van der Waals surface area contributed by atoms with Crippen LogP contribution < -0.4 is 20.8 Å². The lowest BCUT2D eigenvalue weighted by Crippen LogP contribution is -2.50. The van der Waals surface area contributed by atoms with Gasteiger partial charge in [-0.3, -0.25) is 4.79 Å². The third kappa shape index (κ3) is 5.06. The number of nitrogens with zero attached hydrogens (tertiary/aromatic N) is 3. The van der Waals surface area contributed by atoms with E-state index in [-0.39, 0.29) is 29.1 Å². The fourth-order valence-corrected chi connectivity index (χ4v) is 6.52. The molecule has 11 heteroatoms. The Labute approximate surface area is 215 Å². The fourth-order valence-electron chi connectivity index (χ4n) is 5.24. The van der Waals surface area contributed by atoms with Crippen molar-refractivity contribution in [3.8, 4) is 11.3 Å². The summed E-state index contributed by atoms with van der Waals surface area (Å²) in [5.74, 6) is 0.257. The van der Waals surface area contributed by atoms with E-state index < -0.39 is 19.7 Å². The van der Waals surface area contributed by atoms with E-state index in [9.17, 15) is 18.0 Å². The Morgan fingerprint density at radius 1 is 1.24 bits per heavy atom. The number of fused-ring (bicyclic) bond motifs is 1. The second-order valence-electron chi connectivity index (χ2n) is 10.7. The van der Waals surface area contributed by atoms with Crippen molar-refractivity contribution in [3.63, 3.8) is 0 Å². The van der Waals surface area contributed by atoms with Gasteiger partial charge in [0.05, 0.1) is 16.9 Å². The average Bonchev–Trinajstić information content (AvgIpc) is 3.45. The monoisotopic (exact) mass is 532 g/mol. The molecule has 2 aliphatic heterocycles. The number of carbonyl (C=O) groups excluding carboxylic acids is 1. The second kappa shape index (κ2) is 9.55. The smallest absolute Gasteiger partial charge is 0.360 e. The van der Waals surface area contributed by atoms with Crippen LogP contribution in [0.5, 0.6) is 0 Å². The molecule has 0 radical (unpaired) electrons. The number of carbonyl (C=O) groups is 1. The number of aromatic nitrogens is 3. The zero-order valence-electron chi connectivity index (χ0n) is 21.5. The van der Waals surface area contributed by atoms with E-state index in [1.165, 1.54) is 0 Å². The molecule has 5 rings (SSSR count). The summed E-state index contributed by atoms with van der Waals surface area (Å²) < 4.78 is 42.2. The largest absolute Gasteiger partial charge is 0.419 e. The number of anilines is 2. The summed E-state index contributed by atoms with van der Waals surface area (Å²) in [6.07, 6.45) is 0.965. The molecule has 1 amide bonds. The first-order valence-electron chi connectivity index (χ1n) is 12.5. The first-order chi connectivity index (χ1) is 17.4. The first kappa shape index (κ1) is 25.9. The average molecular weight is 533 g/mol. The predicted octanol–water partition coefficient (Wildman–Crippen LogP) is 5.08. The lowest BCUT2D eigenvalue weighted by Gasteiger charge is -2.36. The maximum atomic E-state index is 14.1.